The first kappa shape index (κ1) is 14.2. The molecule has 0 bridgehead atoms. The van der Waals surface area contributed by atoms with E-state index in [1.54, 1.807) is 6.07 Å². The molecule has 0 radical (unpaired) electrons. The normalized spacial score (nSPS) is 15.6. The Morgan fingerprint density at radius 1 is 1.32 bits per heavy atom. The zero-order chi connectivity index (χ0) is 14.3. The van der Waals surface area contributed by atoms with Crippen molar-refractivity contribution in [3.63, 3.8) is 0 Å². The Morgan fingerprint density at radius 2 is 2.00 bits per heavy atom. The Kier molecular flexibility index (Phi) is 3.51. The number of fused-ring (bicyclic) bond motifs is 1. The molecule has 0 atom stereocenters. The number of sulfonamides is 1. The number of nitrogens with two attached hydrogens (primary N) is 1. The summed E-state index contributed by atoms with van der Waals surface area (Å²) in [6.07, 6.45) is 1.42. The first-order valence-electron chi connectivity index (χ1n) is 6.58. The van der Waals surface area contributed by atoms with Gasteiger partial charge in [-0.1, -0.05) is 26.8 Å². The van der Waals surface area contributed by atoms with Crippen molar-refractivity contribution >= 4 is 21.4 Å². The molecular formula is C14H22N2O2S. The number of hydrogen-bond acceptors (Lipinski definition) is 3. The molecule has 5 heteroatoms. The SMILES string of the molecule is CC(C)(C)CCS(=O)(=O)N1CCc2ccc(N)cc21. The Morgan fingerprint density at radius 3 is 2.63 bits per heavy atom. The number of rotatable bonds is 3. The molecular weight excluding hydrogens is 260 g/mol. The zero-order valence-electron chi connectivity index (χ0n) is 11.8. The average molecular weight is 282 g/mol. The number of nitrogen functional groups attached to an aromatic ring is 1. The highest BCUT2D eigenvalue weighted by molar-refractivity contribution is 7.92. The summed E-state index contributed by atoms with van der Waals surface area (Å²) in [4.78, 5) is 0. The van der Waals surface area contributed by atoms with Crippen LogP contribution in [0.3, 0.4) is 0 Å². The third-order valence-corrected chi connectivity index (χ3v) is 5.18. The second-order valence-corrected chi connectivity index (χ2v) is 8.35. The minimum absolute atomic E-state index is 0.0192. The van der Waals surface area contributed by atoms with Crippen LogP contribution in [0.1, 0.15) is 32.8 Å². The Bertz CT molecular complexity index is 574. The van der Waals surface area contributed by atoms with Crippen molar-refractivity contribution in [2.75, 3.05) is 22.3 Å². The number of anilines is 2. The summed E-state index contributed by atoms with van der Waals surface area (Å²) in [7, 11) is -3.25. The van der Waals surface area contributed by atoms with E-state index < -0.39 is 10.0 Å². The topological polar surface area (TPSA) is 63.4 Å². The lowest BCUT2D eigenvalue weighted by Gasteiger charge is -2.23. The molecule has 0 unspecified atom stereocenters. The van der Waals surface area contributed by atoms with Gasteiger partial charge in [-0.3, -0.25) is 4.31 Å². The molecule has 1 heterocycles. The van der Waals surface area contributed by atoms with Crippen LogP contribution in [-0.2, 0) is 16.4 Å². The van der Waals surface area contributed by atoms with Crippen LogP contribution in [0, 0.1) is 5.41 Å². The summed E-state index contributed by atoms with van der Waals surface area (Å²) in [5.74, 6) is 0.185. The molecule has 0 spiro atoms. The van der Waals surface area contributed by atoms with E-state index in [-0.39, 0.29) is 11.2 Å². The highest BCUT2D eigenvalue weighted by Crippen LogP contribution is 2.33. The Hall–Kier alpha value is -1.23. The van der Waals surface area contributed by atoms with Gasteiger partial charge in [0.05, 0.1) is 11.4 Å². The largest absolute Gasteiger partial charge is 0.399 e. The van der Waals surface area contributed by atoms with Crippen LogP contribution in [0.5, 0.6) is 0 Å². The van der Waals surface area contributed by atoms with Gasteiger partial charge >= 0.3 is 0 Å². The van der Waals surface area contributed by atoms with Gasteiger partial charge in [-0.2, -0.15) is 0 Å². The van der Waals surface area contributed by atoms with E-state index in [2.05, 4.69) is 20.8 Å². The molecule has 1 aliphatic rings. The molecule has 4 nitrogen and oxygen atoms in total. The summed E-state index contributed by atoms with van der Waals surface area (Å²) in [6.45, 7) is 6.70. The molecule has 1 aromatic rings. The molecule has 2 rings (SSSR count). The van der Waals surface area contributed by atoms with Gasteiger partial charge in [-0.25, -0.2) is 8.42 Å². The minimum atomic E-state index is -3.25. The number of benzene rings is 1. The molecule has 106 valence electrons. The molecule has 1 aromatic carbocycles. The van der Waals surface area contributed by atoms with E-state index in [9.17, 15) is 8.42 Å². The maximum absolute atomic E-state index is 12.4. The smallest absolute Gasteiger partial charge is 0.235 e. The lowest BCUT2D eigenvalue weighted by atomic mass is 9.94. The maximum Gasteiger partial charge on any atom is 0.235 e. The fourth-order valence-electron chi connectivity index (χ4n) is 2.20. The molecule has 0 saturated carbocycles. The van der Waals surface area contributed by atoms with Crippen LogP contribution in [0.25, 0.3) is 0 Å². The molecule has 0 fully saturated rings. The van der Waals surface area contributed by atoms with E-state index in [1.807, 2.05) is 12.1 Å². The van der Waals surface area contributed by atoms with Crippen LogP contribution < -0.4 is 10.0 Å². The highest BCUT2D eigenvalue weighted by atomic mass is 32.2. The minimum Gasteiger partial charge on any atom is -0.399 e. The van der Waals surface area contributed by atoms with Crippen LogP contribution in [0.4, 0.5) is 11.4 Å². The number of nitrogens with zero attached hydrogens (tertiary/aromatic N) is 1. The van der Waals surface area contributed by atoms with Gasteiger partial charge < -0.3 is 5.73 Å². The van der Waals surface area contributed by atoms with Crippen molar-refractivity contribution < 1.29 is 8.42 Å². The monoisotopic (exact) mass is 282 g/mol. The number of hydrogen-bond donors (Lipinski definition) is 1. The molecule has 2 N–H and O–H groups in total. The molecule has 1 aliphatic heterocycles. The Labute approximate surface area is 115 Å². The lowest BCUT2D eigenvalue weighted by Crippen LogP contribution is -2.32. The van der Waals surface area contributed by atoms with E-state index in [0.717, 1.165) is 17.7 Å². The Balaban J connectivity index is 2.23. The zero-order valence-corrected chi connectivity index (χ0v) is 12.6. The fourth-order valence-corrected chi connectivity index (χ4v) is 4.13. The van der Waals surface area contributed by atoms with Crippen LogP contribution in [0.2, 0.25) is 0 Å². The highest BCUT2D eigenvalue weighted by Gasteiger charge is 2.30. The molecule has 0 amide bonds. The molecule has 0 aromatic heterocycles. The summed E-state index contributed by atoms with van der Waals surface area (Å²) < 4.78 is 26.4. The van der Waals surface area contributed by atoms with Gasteiger partial charge in [0.25, 0.3) is 0 Å². The van der Waals surface area contributed by atoms with Gasteiger partial charge in [0.15, 0.2) is 0 Å². The van der Waals surface area contributed by atoms with E-state index in [0.29, 0.717) is 18.7 Å². The first-order chi connectivity index (χ1) is 8.69. The fraction of sp³-hybridized carbons (Fsp3) is 0.571. The second kappa shape index (κ2) is 4.71. The maximum atomic E-state index is 12.4. The molecule has 19 heavy (non-hydrogen) atoms. The quantitative estimate of drug-likeness (QED) is 0.866. The van der Waals surface area contributed by atoms with Crippen molar-refractivity contribution in [1.29, 1.82) is 0 Å². The van der Waals surface area contributed by atoms with E-state index in [1.165, 1.54) is 4.31 Å². The van der Waals surface area contributed by atoms with Crippen molar-refractivity contribution in [1.82, 2.24) is 0 Å². The summed E-state index contributed by atoms with van der Waals surface area (Å²) >= 11 is 0. The van der Waals surface area contributed by atoms with E-state index >= 15 is 0 Å². The van der Waals surface area contributed by atoms with Gasteiger partial charge in [-0.05, 0) is 36.0 Å². The van der Waals surface area contributed by atoms with Crippen LogP contribution >= 0.6 is 0 Å². The lowest BCUT2D eigenvalue weighted by molar-refractivity contribution is 0.397. The van der Waals surface area contributed by atoms with Crippen molar-refractivity contribution in [2.24, 2.45) is 5.41 Å². The summed E-state index contributed by atoms with van der Waals surface area (Å²) in [5.41, 5.74) is 8.21. The standard InChI is InChI=1S/C14H22N2O2S/c1-14(2,3)7-9-19(17,18)16-8-6-11-4-5-12(15)10-13(11)16/h4-5,10H,6-9,15H2,1-3H3. The van der Waals surface area contributed by atoms with Crippen molar-refractivity contribution in [3.8, 4) is 0 Å². The van der Waals surface area contributed by atoms with Gasteiger partial charge in [0, 0.05) is 12.2 Å². The van der Waals surface area contributed by atoms with Gasteiger partial charge in [-0.15, -0.1) is 0 Å². The predicted molar refractivity (Wildman–Crippen MR) is 79.8 cm³/mol. The van der Waals surface area contributed by atoms with Gasteiger partial charge in [0.2, 0.25) is 10.0 Å². The average Bonchev–Trinajstić information content (AvgIpc) is 2.69. The second-order valence-electron chi connectivity index (χ2n) is 6.34. The van der Waals surface area contributed by atoms with Crippen LogP contribution in [0.15, 0.2) is 18.2 Å². The third kappa shape index (κ3) is 3.21. The van der Waals surface area contributed by atoms with E-state index in [4.69, 9.17) is 5.73 Å². The first-order valence-corrected chi connectivity index (χ1v) is 8.19. The van der Waals surface area contributed by atoms with Gasteiger partial charge in [0.1, 0.15) is 0 Å². The summed E-state index contributed by atoms with van der Waals surface area (Å²) in [6, 6.07) is 5.50. The predicted octanol–water partition coefficient (Wildman–Crippen LogP) is 2.40. The van der Waals surface area contributed by atoms with Crippen molar-refractivity contribution in [3.05, 3.63) is 23.8 Å². The van der Waals surface area contributed by atoms with Crippen LogP contribution in [-0.4, -0.2) is 20.7 Å². The van der Waals surface area contributed by atoms with Crippen molar-refractivity contribution in [2.45, 2.75) is 33.6 Å². The molecule has 0 aliphatic carbocycles. The molecule has 0 saturated heterocycles. The summed E-state index contributed by atoms with van der Waals surface area (Å²) in [5, 5.41) is 0. The third-order valence-electron chi connectivity index (χ3n) is 3.41.